The molecule has 0 spiro atoms. The lowest BCUT2D eigenvalue weighted by molar-refractivity contribution is 0.0464. The van der Waals surface area contributed by atoms with Gasteiger partial charge in [0.25, 0.3) is 0 Å². The van der Waals surface area contributed by atoms with Gasteiger partial charge in [0.05, 0.1) is 12.1 Å². The third-order valence-corrected chi connectivity index (χ3v) is 4.90. The molecule has 1 unspecified atom stereocenters. The second-order valence-corrected chi connectivity index (χ2v) is 8.44. The molecule has 1 aromatic heterocycles. The second-order valence-electron chi connectivity index (χ2n) is 8.44. The summed E-state index contributed by atoms with van der Waals surface area (Å²) in [4.78, 5) is 24.7. The van der Waals surface area contributed by atoms with Crippen LogP contribution >= 0.6 is 0 Å². The first-order chi connectivity index (χ1) is 14.3. The summed E-state index contributed by atoms with van der Waals surface area (Å²) in [5, 5.41) is 13.5. The molecule has 9 heteroatoms. The van der Waals surface area contributed by atoms with Crippen LogP contribution in [0.3, 0.4) is 0 Å². The Morgan fingerprint density at radius 3 is 2.37 bits per heavy atom. The average Bonchev–Trinajstić information content (AvgIpc) is 3.22. The molecule has 0 radical (unpaired) electrons. The van der Waals surface area contributed by atoms with Gasteiger partial charge in [-0.1, -0.05) is 30.3 Å². The van der Waals surface area contributed by atoms with Crippen molar-refractivity contribution in [3.63, 3.8) is 0 Å². The molecule has 1 fully saturated rings. The Morgan fingerprint density at radius 1 is 1.03 bits per heavy atom. The van der Waals surface area contributed by atoms with Crippen LogP contribution in [0.2, 0.25) is 0 Å². The minimum atomic E-state index is -0.607. The van der Waals surface area contributed by atoms with Gasteiger partial charge in [-0.15, -0.1) is 10.2 Å². The van der Waals surface area contributed by atoms with E-state index in [0.717, 1.165) is 12.0 Å². The highest BCUT2D eigenvalue weighted by atomic mass is 16.6. The number of alkyl carbamates (subject to hydrolysis) is 2. The zero-order chi connectivity index (χ0) is 21.6. The summed E-state index contributed by atoms with van der Waals surface area (Å²) in [7, 11) is 0. The van der Waals surface area contributed by atoms with Gasteiger partial charge in [0.2, 0.25) is 0 Å². The molecule has 1 aliphatic carbocycles. The van der Waals surface area contributed by atoms with Gasteiger partial charge in [-0.3, -0.25) is 0 Å². The van der Waals surface area contributed by atoms with Crippen LogP contribution in [-0.2, 0) is 16.1 Å². The van der Waals surface area contributed by atoms with E-state index in [1.54, 1.807) is 12.7 Å². The van der Waals surface area contributed by atoms with Crippen molar-refractivity contribution in [2.24, 2.45) is 0 Å². The van der Waals surface area contributed by atoms with Gasteiger partial charge in [-0.25, -0.2) is 9.59 Å². The molecular weight excluding hydrogens is 386 g/mol. The van der Waals surface area contributed by atoms with Crippen LogP contribution in [0.5, 0.6) is 0 Å². The molecule has 30 heavy (non-hydrogen) atoms. The number of carbonyl (C=O) groups excluding carboxylic acids is 2. The molecule has 3 atom stereocenters. The first-order valence-corrected chi connectivity index (χ1v) is 10.1. The summed E-state index contributed by atoms with van der Waals surface area (Å²) in [6.07, 6.45) is 4.40. The average molecular weight is 415 g/mol. The van der Waals surface area contributed by atoms with Crippen LogP contribution in [0, 0.1) is 0 Å². The number of carbonyl (C=O) groups is 2. The predicted octanol–water partition coefficient (Wildman–Crippen LogP) is 3.19. The van der Waals surface area contributed by atoms with Crippen LogP contribution in [0.1, 0.15) is 51.6 Å². The Morgan fingerprint density at radius 2 is 1.70 bits per heavy atom. The molecule has 0 saturated heterocycles. The molecule has 0 bridgehead atoms. The van der Waals surface area contributed by atoms with Crippen molar-refractivity contribution < 1.29 is 19.1 Å². The van der Waals surface area contributed by atoms with Crippen molar-refractivity contribution >= 4 is 12.2 Å². The Hall–Kier alpha value is -3.10. The van der Waals surface area contributed by atoms with E-state index in [4.69, 9.17) is 9.47 Å². The fourth-order valence-corrected chi connectivity index (χ4v) is 3.52. The fraction of sp³-hybridized carbons (Fsp3) is 0.524. The van der Waals surface area contributed by atoms with Gasteiger partial charge >= 0.3 is 12.2 Å². The third-order valence-electron chi connectivity index (χ3n) is 4.90. The standard InChI is InChI=1S/C21H29N5O4/c1-21(2,3)30-20(28)25-18-11-16(26-13-22-23-14-26)9-10-17(18)24-19(27)29-12-15-7-5-4-6-8-15/h4-8,13-14,16-18H,9-12H2,1-3H3,(H,24,27)(H,25,28)/t16?,17-,18+/m0/s1. The maximum Gasteiger partial charge on any atom is 0.407 e. The minimum Gasteiger partial charge on any atom is -0.445 e. The molecule has 2 amide bonds. The number of nitrogens with zero attached hydrogens (tertiary/aromatic N) is 3. The zero-order valence-corrected chi connectivity index (χ0v) is 17.6. The Bertz CT molecular complexity index is 820. The van der Waals surface area contributed by atoms with Crippen molar-refractivity contribution in [1.82, 2.24) is 25.4 Å². The first kappa shape index (κ1) is 21.6. The molecule has 1 aromatic carbocycles. The van der Waals surface area contributed by atoms with E-state index >= 15 is 0 Å². The van der Waals surface area contributed by atoms with Crippen LogP contribution in [-0.4, -0.2) is 44.6 Å². The van der Waals surface area contributed by atoms with Gasteiger partial charge in [0.15, 0.2) is 0 Å². The Kier molecular flexibility index (Phi) is 6.91. The van der Waals surface area contributed by atoms with Crippen molar-refractivity contribution in [2.75, 3.05) is 0 Å². The molecule has 1 heterocycles. The van der Waals surface area contributed by atoms with Crippen LogP contribution < -0.4 is 10.6 Å². The van der Waals surface area contributed by atoms with Crippen molar-refractivity contribution in [3.05, 3.63) is 48.5 Å². The molecule has 1 aliphatic rings. The van der Waals surface area contributed by atoms with Crippen molar-refractivity contribution in [1.29, 1.82) is 0 Å². The Labute approximate surface area is 176 Å². The number of nitrogens with one attached hydrogen (secondary N) is 2. The summed E-state index contributed by atoms with van der Waals surface area (Å²) >= 11 is 0. The highest BCUT2D eigenvalue weighted by Crippen LogP contribution is 2.29. The maximum absolute atomic E-state index is 12.4. The first-order valence-electron chi connectivity index (χ1n) is 10.1. The number of benzene rings is 1. The van der Waals surface area contributed by atoms with E-state index in [-0.39, 0.29) is 24.7 Å². The fourth-order valence-electron chi connectivity index (χ4n) is 3.52. The van der Waals surface area contributed by atoms with Gasteiger partial charge in [0, 0.05) is 6.04 Å². The molecule has 2 N–H and O–H groups in total. The van der Waals surface area contributed by atoms with E-state index in [0.29, 0.717) is 12.8 Å². The summed E-state index contributed by atoms with van der Waals surface area (Å²) in [5.74, 6) is 0. The van der Waals surface area contributed by atoms with Crippen LogP contribution in [0.4, 0.5) is 9.59 Å². The summed E-state index contributed by atoms with van der Waals surface area (Å²) < 4.78 is 12.7. The normalized spacial score (nSPS) is 21.5. The topological polar surface area (TPSA) is 107 Å². The number of amides is 2. The highest BCUT2D eigenvalue weighted by molar-refractivity contribution is 5.69. The largest absolute Gasteiger partial charge is 0.445 e. The smallest absolute Gasteiger partial charge is 0.407 e. The van der Waals surface area contributed by atoms with Crippen molar-refractivity contribution in [2.45, 2.75) is 70.4 Å². The zero-order valence-electron chi connectivity index (χ0n) is 17.6. The number of hydrogen-bond donors (Lipinski definition) is 2. The van der Waals surface area contributed by atoms with E-state index in [2.05, 4.69) is 20.8 Å². The lowest BCUT2D eigenvalue weighted by Crippen LogP contribution is -2.55. The lowest BCUT2D eigenvalue weighted by Gasteiger charge is -2.37. The highest BCUT2D eigenvalue weighted by Gasteiger charge is 2.34. The number of hydrogen-bond acceptors (Lipinski definition) is 6. The molecule has 2 aromatic rings. The molecule has 1 saturated carbocycles. The maximum atomic E-state index is 12.4. The summed E-state index contributed by atoms with van der Waals surface area (Å²) in [5.41, 5.74) is 0.302. The number of rotatable bonds is 5. The quantitative estimate of drug-likeness (QED) is 0.777. The van der Waals surface area contributed by atoms with Crippen molar-refractivity contribution in [3.8, 4) is 0 Å². The summed E-state index contributed by atoms with van der Waals surface area (Å²) in [6.45, 7) is 5.62. The monoisotopic (exact) mass is 415 g/mol. The predicted molar refractivity (Wildman–Crippen MR) is 110 cm³/mol. The van der Waals surface area contributed by atoms with Gasteiger partial charge in [0.1, 0.15) is 24.9 Å². The molecule has 162 valence electrons. The lowest BCUT2D eigenvalue weighted by atomic mass is 9.86. The third kappa shape index (κ3) is 6.47. The van der Waals surface area contributed by atoms with E-state index in [9.17, 15) is 9.59 Å². The Balaban J connectivity index is 1.61. The van der Waals surface area contributed by atoms with E-state index in [1.165, 1.54) is 0 Å². The minimum absolute atomic E-state index is 0.123. The number of aromatic nitrogens is 3. The molecule has 0 aliphatic heterocycles. The van der Waals surface area contributed by atoms with Gasteiger partial charge in [-0.05, 0) is 45.6 Å². The van der Waals surface area contributed by atoms with Crippen LogP contribution in [0.15, 0.2) is 43.0 Å². The SMILES string of the molecule is CC(C)(C)OC(=O)N[C@@H]1CC(n2cnnc2)CC[C@@H]1NC(=O)OCc1ccccc1. The van der Waals surface area contributed by atoms with Gasteiger partial charge < -0.3 is 24.7 Å². The molecular formula is C21H29N5O4. The summed E-state index contributed by atoms with van der Waals surface area (Å²) in [6, 6.07) is 9.02. The van der Waals surface area contributed by atoms with E-state index < -0.39 is 17.8 Å². The van der Waals surface area contributed by atoms with Gasteiger partial charge in [-0.2, -0.15) is 0 Å². The molecule has 3 rings (SSSR count). The van der Waals surface area contributed by atoms with E-state index in [1.807, 2.05) is 55.7 Å². The van der Waals surface area contributed by atoms with Crippen LogP contribution in [0.25, 0.3) is 0 Å². The molecule has 9 nitrogen and oxygen atoms in total. The second kappa shape index (κ2) is 9.60. The number of ether oxygens (including phenoxy) is 2.